The second-order valence-corrected chi connectivity index (χ2v) is 9.27. The molecule has 1 aliphatic heterocycles. The van der Waals surface area contributed by atoms with Crippen LogP contribution in [0.3, 0.4) is 0 Å². The predicted molar refractivity (Wildman–Crippen MR) is 125 cm³/mol. The molecule has 2 aromatic heterocycles. The molecule has 3 aromatic carbocycles. The van der Waals surface area contributed by atoms with Gasteiger partial charge >= 0.3 is 5.97 Å². The third-order valence-electron chi connectivity index (χ3n) is 5.18. The number of Topliss-reactive ketones (excluding diaryl/α,β-unsaturated/α-hetero) is 1. The molecule has 6 rings (SSSR count). The van der Waals surface area contributed by atoms with Crippen molar-refractivity contribution in [2.45, 2.75) is 0 Å². The summed E-state index contributed by atoms with van der Waals surface area (Å²) in [6, 6.07) is 23.2. The number of rotatable bonds is 2. The number of ether oxygens (including phenoxy) is 1. The zero-order chi connectivity index (χ0) is 20.9. The molecule has 0 saturated carbocycles. The Hall–Kier alpha value is -3.61. The molecule has 0 atom stereocenters. The van der Waals surface area contributed by atoms with Crippen LogP contribution in [0, 0.1) is 0 Å². The van der Waals surface area contributed by atoms with E-state index in [0.29, 0.717) is 11.3 Å². The number of nitrogens with zero attached hydrogens (tertiary/aromatic N) is 1. The van der Waals surface area contributed by atoms with Gasteiger partial charge in [0.05, 0.1) is 10.3 Å². The summed E-state index contributed by atoms with van der Waals surface area (Å²) < 4.78 is 6.52. The van der Waals surface area contributed by atoms with Gasteiger partial charge < -0.3 is 4.74 Å². The van der Waals surface area contributed by atoms with E-state index < -0.39 is 5.97 Å². The zero-order valence-electron chi connectivity index (χ0n) is 16.0. The van der Waals surface area contributed by atoms with E-state index in [1.54, 1.807) is 29.5 Å². The van der Waals surface area contributed by atoms with Gasteiger partial charge in [0, 0.05) is 10.4 Å². The van der Waals surface area contributed by atoms with Crippen LogP contribution in [0.15, 0.2) is 78.4 Å². The minimum absolute atomic E-state index is 0.0416. The van der Waals surface area contributed by atoms with E-state index in [1.165, 1.54) is 11.3 Å². The summed E-state index contributed by atoms with van der Waals surface area (Å²) in [5.74, 6) is -0.624. The van der Waals surface area contributed by atoms with E-state index in [-0.39, 0.29) is 11.4 Å². The topological polar surface area (TPSA) is 56.3 Å². The lowest BCUT2D eigenvalue weighted by atomic mass is 9.96. The number of esters is 1. The molecule has 0 aliphatic carbocycles. The van der Waals surface area contributed by atoms with Crippen molar-refractivity contribution in [2.24, 2.45) is 0 Å². The Morgan fingerprint density at radius 3 is 2.35 bits per heavy atom. The van der Waals surface area contributed by atoms with Gasteiger partial charge in [-0.2, -0.15) is 0 Å². The molecular formula is C25H13NO3S2. The fraction of sp³-hybridized carbons (Fsp3) is 0. The highest BCUT2D eigenvalue weighted by Crippen LogP contribution is 2.37. The highest BCUT2D eigenvalue weighted by Gasteiger charge is 2.31. The molecule has 148 valence electrons. The summed E-state index contributed by atoms with van der Waals surface area (Å²) >= 11 is 3.05. The van der Waals surface area contributed by atoms with Crippen LogP contribution >= 0.6 is 22.7 Å². The molecule has 3 heterocycles. The van der Waals surface area contributed by atoms with Crippen molar-refractivity contribution in [1.29, 1.82) is 0 Å². The van der Waals surface area contributed by atoms with Crippen LogP contribution in [0.1, 0.15) is 15.2 Å². The number of ketones is 1. The van der Waals surface area contributed by atoms with Gasteiger partial charge in [-0.1, -0.05) is 54.6 Å². The fourth-order valence-electron chi connectivity index (χ4n) is 3.67. The molecule has 0 N–H and O–H groups in total. The Labute approximate surface area is 185 Å². The van der Waals surface area contributed by atoms with Gasteiger partial charge in [-0.15, -0.1) is 22.7 Å². The standard InChI is InChI=1S/C25H13NO3S2/c27-22-18-10-15-8-4-5-9-16(15)11-20(18)29-25(28)19(22)12-17-13-21-24(30-17)26-23(31-21)14-6-2-1-3-7-14/h1-13H/b19-12-. The molecule has 5 aromatic rings. The van der Waals surface area contributed by atoms with Gasteiger partial charge in [-0.3, -0.25) is 4.79 Å². The number of thiophene rings is 1. The first-order chi connectivity index (χ1) is 15.2. The van der Waals surface area contributed by atoms with Crippen molar-refractivity contribution < 1.29 is 14.3 Å². The summed E-state index contributed by atoms with van der Waals surface area (Å²) in [6.45, 7) is 0. The molecule has 0 bridgehead atoms. The van der Waals surface area contributed by atoms with Crippen LogP contribution in [0.5, 0.6) is 5.75 Å². The Bertz CT molecular complexity index is 1510. The predicted octanol–water partition coefficient (Wildman–Crippen LogP) is 6.36. The summed E-state index contributed by atoms with van der Waals surface area (Å²) in [4.78, 5) is 32.1. The molecule has 0 saturated heterocycles. The Kier molecular flexibility index (Phi) is 4.09. The summed E-state index contributed by atoms with van der Waals surface area (Å²) in [6.07, 6.45) is 1.62. The molecule has 0 unspecified atom stereocenters. The smallest absolute Gasteiger partial charge is 0.347 e. The van der Waals surface area contributed by atoms with Gasteiger partial charge in [-0.05, 0) is 35.0 Å². The third kappa shape index (κ3) is 3.08. The van der Waals surface area contributed by atoms with Crippen molar-refractivity contribution in [3.8, 4) is 16.3 Å². The van der Waals surface area contributed by atoms with E-state index in [1.807, 2.05) is 60.7 Å². The van der Waals surface area contributed by atoms with Crippen LogP contribution in [-0.4, -0.2) is 16.7 Å². The van der Waals surface area contributed by atoms with Crippen molar-refractivity contribution in [2.75, 3.05) is 0 Å². The van der Waals surface area contributed by atoms with E-state index in [9.17, 15) is 9.59 Å². The first-order valence-electron chi connectivity index (χ1n) is 9.63. The van der Waals surface area contributed by atoms with Gasteiger partial charge in [-0.25, -0.2) is 9.78 Å². The number of fused-ring (bicyclic) bond motifs is 3. The average molecular weight is 440 g/mol. The van der Waals surface area contributed by atoms with Crippen molar-refractivity contribution >= 4 is 60.8 Å². The normalized spacial score (nSPS) is 14.9. The van der Waals surface area contributed by atoms with E-state index in [2.05, 4.69) is 0 Å². The first-order valence-corrected chi connectivity index (χ1v) is 11.3. The average Bonchev–Trinajstić information content (AvgIpc) is 3.35. The highest BCUT2D eigenvalue weighted by atomic mass is 32.1. The fourth-order valence-corrected chi connectivity index (χ4v) is 5.84. The monoisotopic (exact) mass is 439 g/mol. The maximum Gasteiger partial charge on any atom is 0.347 e. The van der Waals surface area contributed by atoms with Crippen LogP contribution in [0.4, 0.5) is 0 Å². The Balaban J connectivity index is 1.38. The molecule has 31 heavy (non-hydrogen) atoms. The molecule has 0 radical (unpaired) electrons. The molecule has 1 aliphatic rings. The molecular weight excluding hydrogens is 426 g/mol. The minimum atomic E-state index is -0.623. The number of thiazole rings is 1. The van der Waals surface area contributed by atoms with E-state index in [0.717, 1.165) is 35.8 Å². The van der Waals surface area contributed by atoms with Gasteiger partial charge in [0.15, 0.2) is 0 Å². The summed E-state index contributed by atoms with van der Waals surface area (Å²) in [5, 5.41) is 2.81. The SMILES string of the molecule is O=C1Oc2cc3ccccc3cc2C(=O)/C1=C/c1cc2sc(-c3ccccc3)nc2s1. The Morgan fingerprint density at radius 2 is 1.58 bits per heavy atom. The quantitative estimate of drug-likeness (QED) is 0.139. The van der Waals surface area contributed by atoms with E-state index in [4.69, 9.17) is 9.72 Å². The van der Waals surface area contributed by atoms with Crippen LogP contribution < -0.4 is 4.74 Å². The number of benzene rings is 3. The number of carbonyl (C=O) groups is 2. The van der Waals surface area contributed by atoms with Gasteiger partial charge in [0.1, 0.15) is 21.2 Å². The second kappa shape index (κ2) is 6.97. The molecule has 0 amide bonds. The summed E-state index contributed by atoms with van der Waals surface area (Å²) in [7, 11) is 0. The van der Waals surface area contributed by atoms with Crippen molar-refractivity contribution in [3.05, 3.63) is 88.8 Å². The molecule has 6 heteroatoms. The number of aromatic nitrogens is 1. The summed E-state index contributed by atoms with van der Waals surface area (Å²) in [5.41, 5.74) is 1.53. The first kappa shape index (κ1) is 18.2. The van der Waals surface area contributed by atoms with Crippen LogP contribution in [-0.2, 0) is 4.79 Å². The molecule has 4 nitrogen and oxygen atoms in total. The maximum atomic E-state index is 13.1. The number of carbonyl (C=O) groups excluding carboxylic acids is 2. The zero-order valence-corrected chi connectivity index (χ0v) is 17.6. The second-order valence-electron chi connectivity index (χ2n) is 7.18. The van der Waals surface area contributed by atoms with Crippen LogP contribution in [0.2, 0.25) is 0 Å². The van der Waals surface area contributed by atoms with E-state index >= 15 is 0 Å². The van der Waals surface area contributed by atoms with Gasteiger partial charge in [0.25, 0.3) is 0 Å². The van der Waals surface area contributed by atoms with Crippen LogP contribution in [0.25, 0.3) is 36.9 Å². The molecule has 0 fully saturated rings. The Morgan fingerprint density at radius 1 is 0.839 bits per heavy atom. The largest absolute Gasteiger partial charge is 0.422 e. The lowest BCUT2D eigenvalue weighted by Gasteiger charge is -2.17. The minimum Gasteiger partial charge on any atom is -0.422 e. The lowest BCUT2D eigenvalue weighted by Crippen LogP contribution is -2.25. The number of hydrogen-bond donors (Lipinski definition) is 0. The third-order valence-corrected chi connectivity index (χ3v) is 7.33. The van der Waals surface area contributed by atoms with Crippen molar-refractivity contribution in [3.63, 3.8) is 0 Å². The maximum absolute atomic E-state index is 13.1. The number of hydrogen-bond acceptors (Lipinski definition) is 6. The highest BCUT2D eigenvalue weighted by molar-refractivity contribution is 7.29. The molecule has 0 spiro atoms. The van der Waals surface area contributed by atoms with Gasteiger partial charge in [0.2, 0.25) is 5.78 Å². The lowest BCUT2D eigenvalue weighted by molar-refractivity contribution is -0.130. The van der Waals surface area contributed by atoms with Crippen molar-refractivity contribution in [1.82, 2.24) is 4.98 Å².